The van der Waals surface area contributed by atoms with E-state index in [9.17, 15) is 9.59 Å². The number of piperazine rings is 1. The summed E-state index contributed by atoms with van der Waals surface area (Å²) >= 11 is 0. The Labute approximate surface area is 159 Å². The summed E-state index contributed by atoms with van der Waals surface area (Å²) in [5.41, 5.74) is 1.74. The summed E-state index contributed by atoms with van der Waals surface area (Å²) in [5, 5.41) is 2.79. The molecule has 2 heterocycles. The molecule has 0 radical (unpaired) electrons. The lowest BCUT2D eigenvalue weighted by atomic mass is 10.2. The molecule has 1 fully saturated rings. The van der Waals surface area contributed by atoms with Gasteiger partial charge in [0.25, 0.3) is 0 Å². The van der Waals surface area contributed by atoms with E-state index in [2.05, 4.69) is 15.2 Å². The average Bonchev–Trinajstić information content (AvgIpc) is 2.69. The van der Waals surface area contributed by atoms with Crippen LogP contribution in [0.4, 0.5) is 17.2 Å². The smallest absolute Gasteiger partial charge is 0.233 e. The highest BCUT2D eigenvalue weighted by Crippen LogP contribution is 2.16. The van der Waals surface area contributed by atoms with Crippen molar-refractivity contribution in [2.45, 2.75) is 6.42 Å². The molecule has 7 heteroatoms. The molecule has 3 rings (SSSR count). The first kappa shape index (κ1) is 18.7. The molecule has 1 N–H and O–H groups in total. The molecule has 0 unspecified atom stereocenters. The van der Waals surface area contributed by atoms with Gasteiger partial charge in [-0.15, -0.1) is 0 Å². The third kappa shape index (κ3) is 4.97. The Morgan fingerprint density at radius 3 is 2.33 bits per heavy atom. The van der Waals surface area contributed by atoms with Gasteiger partial charge in [0.2, 0.25) is 11.8 Å². The second-order valence-electron chi connectivity index (χ2n) is 6.72. The van der Waals surface area contributed by atoms with E-state index in [-0.39, 0.29) is 18.2 Å². The monoisotopic (exact) mass is 367 g/mol. The normalized spacial score (nSPS) is 14.0. The van der Waals surface area contributed by atoms with Gasteiger partial charge in [0.15, 0.2) is 0 Å². The number of hydrogen-bond donors (Lipinski definition) is 1. The summed E-state index contributed by atoms with van der Waals surface area (Å²) in [7, 11) is 3.92. The summed E-state index contributed by atoms with van der Waals surface area (Å²) in [5.74, 6) is 0.492. The van der Waals surface area contributed by atoms with Gasteiger partial charge in [-0.1, -0.05) is 6.07 Å². The number of aromatic nitrogens is 1. The van der Waals surface area contributed by atoms with Crippen LogP contribution >= 0.6 is 0 Å². The van der Waals surface area contributed by atoms with E-state index < -0.39 is 0 Å². The Kier molecular flexibility index (Phi) is 5.90. The van der Waals surface area contributed by atoms with Gasteiger partial charge >= 0.3 is 0 Å². The molecule has 0 bridgehead atoms. The summed E-state index contributed by atoms with van der Waals surface area (Å²) in [4.78, 5) is 34.8. The zero-order valence-corrected chi connectivity index (χ0v) is 15.8. The Bertz CT molecular complexity index is 769. The summed E-state index contributed by atoms with van der Waals surface area (Å²) in [6.07, 6.45) is 1.63. The van der Waals surface area contributed by atoms with Gasteiger partial charge in [-0.3, -0.25) is 9.59 Å². The lowest BCUT2D eigenvalue weighted by molar-refractivity contribution is -0.134. The van der Waals surface area contributed by atoms with Crippen molar-refractivity contribution >= 4 is 29.0 Å². The zero-order chi connectivity index (χ0) is 19.2. The molecule has 7 nitrogen and oxygen atoms in total. The molecule has 0 saturated carbocycles. The highest BCUT2D eigenvalue weighted by Gasteiger charge is 2.23. The number of carbonyl (C=O) groups excluding carboxylic acids is 2. The molecule has 1 aromatic carbocycles. The van der Waals surface area contributed by atoms with Crippen LogP contribution in [0.2, 0.25) is 0 Å². The number of carbonyl (C=O) groups is 2. The lowest BCUT2D eigenvalue weighted by Gasteiger charge is -2.35. The van der Waals surface area contributed by atoms with Gasteiger partial charge in [0.05, 0.1) is 0 Å². The third-order valence-electron chi connectivity index (χ3n) is 4.58. The average molecular weight is 367 g/mol. The van der Waals surface area contributed by atoms with Crippen LogP contribution in [-0.2, 0) is 9.59 Å². The highest BCUT2D eigenvalue weighted by atomic mass is 16.2. The summed E-state index contributed by atoms with van der Waals surface area (Å²) < 4.78 is 0. The van der Waals surface area contributed by atoms with Crippen LogP contribution in [0, 0.1) is 0 Å². The molecule has 2 amide bonds. The van der Waals surface area contributed by atoms with Gasteiger partial charge in [0.1, 0.15) is 12.2 Å². The maximum atomic E-state index is 12.4. The lowest BCUT2D eigenvalue weighted by Crippen LogP contribution is -2.49. The van der Waals surface area contributed by atoms with E-state index in [0.29, 0.717) is 18.8 Å². The van der Waals surface area contributed by atoms with Crippen molar-refractivity contribution in [3.8, 4) is 0 Å². The van der Waals surface area contributed by atoms with Crippen LogP contribution in [-0.4, -0.2) is 62.0 Å². The first-order valence-corrected chi connectivity index (χ1v) is 9.04. The minimum absolute atomic E-state index is 0.140. The van der Waals surface area contributed by atoms with E-state index in [0.717, 1.165) is 24.6 Å². The second kappa shape index (κ2) is 8.53. The first-order chi connectivity index (χ1) is 13.0. The number of nitrogens with zero attached hydrogens (tertiary/aromatic N) is 4. The standard InChI is InChI=1S/C20H25N5O2/c1-23(2)17-8-6-16(7-9-17)22-19(26)15-20(27)25-13-11-24(12-14-25)18-5-3-4-10-21-18/h3-10H,11-15H2,1-2H3,(H,22,26). The van der Waals surface area contributed by atoms with Gasteiger partial charge in [0, 0.05) is 57.8 Å². The molecule has 0 atom stereocenters. The van der Waals surface area contributed by atoms with Crippen LogP contribution in [0.1, 0.15) is 6.42 Å². The Morgan fingerprint density at radius 1 is 1.04 bits per heavy atom. The number of benzene rings is 1. The molecule has 0 aliphatic carbocycles. The highest BCUT2D eigenvalue weighted by molar-refractivity contribution is 6.03. The fourth-order valence-corrected chi connectivity index (χ4v) is 3.02. The zero-order valence-electron chi connectivity index (χ0n) is 15.8. The quantitative estimate of drug-likeness (QED) is 0.817. The van der Waals surface area contributed by atoms with Crippen molar-refractivity contribution < 1.29 is 9.59 Å². The molecule has 2 aromatic rings. The fourth-order valence-electron chi connectivity index (χ4n) is 3.02. The number of anilines is 3. The van der Waals surface area contributed by atoms with Crippen LogP contribution in [0.25, 0.3) is 0 Å². The summed E-state index contributed by atoms with van der Waals surface area (Å²) in [6, 6.07) is 13.3. The predicted octanol–water partition coefficient (Wildman–Crippen LogP) is 1.82. The van der Waals surface area contributed by atoms with Crippen LogP contribution in [0.15, 0.2) is 48.7 Å². The predicted molar refractivity (Wildman–Crippen MR) is 107 cm³/mol. The Morgan fingerprint density at radius 2 is 1.74 bits per heavy atom. The molecular formula is C20H25N5O2. The number of rotatable bonds is 5. The van der Waals surface area contributed by atoms with Crippen molar-refractivity contribution in [1.82, 2.24) is 9.88 Å². The largest absolute Gasteiger partial charge is 0.378 e. The van der Waals surface area contributed by atoms with Gasteiger partial charge in [-0.2, -0.15) is 0 Å². The van der Waals surface area contributed by atoms with Crippen molar-refractivity contribution in [3.63, 3.8) is 0 Å². The van der Waals surface area contributed by atoms with Gasteiger partial charge in [-0.05, 0) is 36.4 Å². The molecule has 142 valence electrons. The Balaban J connectivity index is 1.47. The molecule has 1 aliphatic rings. The van der Waals surface area contributed by atoms with Gasteiger partial charge < -0.3 is 20.0 Å². The number of nitrogens with one attached hydrogen (secondary N) is 1. The molecule has 1 saturated heterocycles. The minimum Gasteiger partial charge on any atom is -0.378 e. The van der Waals surface area contributed by atoms with E-state index in [1.165, 1.54) is 0 Å². The molecular weight excluding hydrogens is 342 g/mol. The van der Waals surface area contributed by atoms with E-state index in [4.69, 9.17) is 0 Å². The molecule has 1 aliphatic heterocycles. The van der Waals surface area contributed by atoms with Crippen molar-refractivity contribution in [2.24, 2.45) is 0 Å². The van der Waals surface area contributed by atoms with Crippen LogP contribution < -0.4 is 15.1 Å². The van der Waals surface area contributed by atoms with Crippen LogP contribution in [0.3, 0.4) is 0 Å². The second-order valence-corrected chi connectivity index (χ2v) is 6.72. The summed E-state index contributed by atoms with van der Waals surface area (Å²) in [6.45, 7) is 2.63. The number of amides is 2. The van der Waals surface area contributed by atoms with Crippen molar-refractivity contribution in [2.75, 3.05) is 55.4 Å². The number of hydrogen-bond acceptors (Lipinski definition) is 5. The fraction of sp³-hybridized carbons (Fsp3) is 0.350. The van der Waals surface area contributed by atoms with Crippen LogP contribution in [0.5, 0.6) is 0 Å². The topological polar surface area (TPSA) is 68.8 Å². The molecule has 27 heavy (non-hydrogen) atoms. The maximum Gasteiger partial charge on any atom is 0.233 e. The third-order valence-corrected chi connectivity index (χ3v) is 4.58. The van der Waals surface area contributed by atoms with E-state index in [1.807, 2.05) is 61.5 Å². The van der Waals surface area contributed by atoms with Gasteiger partial charge in [-0.25, -0.2) is 4.98 Å². The first-order valence-electron chi connectivity index (χ1n) is 9.04. The van der Waals surface area contributed by atoms with E-state index in [1.54, 1.807) is 11.1 Å². The molecule has 0 spiro atoms. The van der Waals surface area contributed by atoms with Crippen molar-refractivity contribution in [1.29, 1.82) is 0 Å². The Hall–Kier alpha value is -3.09. The number of pyridine rings is 1. The SMILES string of the molecule is CN(C)c1ccc(NC(=O)CC(=O)N2CCN(c3ccccn3)CC2)cc1. The maximum absolute atomic E-state index is 12.4. The minimum atomic E-state index is -0.287. The molecule has 1 aromatic heterocycles. The van der Waals surface area contributed by atoms with Crippen molar-refractivity contribution in [3.05, 3.63) is 48.7 Å². The van der Waals surface area contributed by atoms with E-state index >= 15 is 0 Å².